The van der Waals surface area contributed by atoms with Crippen LogP contribution in [-0.2, 0) is 0 Å². The van der Waals surface area contributed by atoms with E-state index in [9.17, 15) is 5.11 Å². The van der Waals surface area contributed by atoms with Crippen molar-refractivity contribution in [3.63, 3.8) is 0 Å². The van der Waals surface area contributed by atoms with E-state index in [0.717, 1.165) is 30.8 Å². The molecule has 1 fully saturated rings. The molecule has 0 bridgehead atoms. The van der Waals surface area contributed by atoms with Crippen molar-refractivity contribution in [2.45, 2.75) is 37.5 Å². The van der Waals surface area contributed by atoms with Crippen molar-refractivity contribution in [3.8, 4) is 11.5 Å². The number of aliphatic hydroxyl groups excluding tert-OH is 1. The van der Waals surface area contributed by atoms with Gasteiger partial charge in [0.15, 0.2) is 0 Å². The van der Waals surface area contributed by atoms with Crippen molar-refractivity contribution in [1.82, 2.24) is 5.32 Å². The van der Waals surface area contributed by atoms with Gasteiger partial charge >= 0.3 is 0 Å². The fraction of sp³-hybridized carbons (Fsp3) is 0.571. The summed E-state index contributed by atoms with van der Waals surface area (Å²) in [6.07, 6.45) is 2.41. The molecule has 0 aromatic heterocycles. The maximum Gasteiger partial charge on any atom is 0.127 e. The average molecular weight is 249 g/mol. The molecule has 3 rings (SSSR count). The first-order valence-corrected chi connectivity index (χ1v) is 6.56. The third-order valence-electron chi connectivity index (χ3n) is 3.82. The minimum absolute atomic E-state index is 0.0652. The number of fused-ring (bicyclic) bond motifs is 1. The molecular weight excluding hydrogens is 230 g/mol. The Morgan fingerprint density at radius 3 is 3.00 bits per heavy atom. The Labute approximate surface area is 107 Å². The summed E-state index contributed by atoms with van der Waals surface area (Å²) in [5.41, 5.74) is 1.18. The van der Waals surface area contributed by atoms with E-state index in [-0.39, 0.29) is 18.2 Å². The van der Waals surface area contributed by atoms with Gasteiger partial charge in [0.25, 0.3) is 0 Å². The summed E-state index contributed by atoms with van der Waals surface area (Å²) in [6, 6.07) is 6.20. The highest BCUT2D eigenvalue weighted by atomic mass is 16.5. The van der Waals surface area contributed by atoms with Crippen molar-refractivity contribution >= 4 is 0 Å². The predicted molar refractivity (Wildman–Crippen MR) is 68.0 cm³/mol. The second-order valence-corrected chi connectivity index (χ2v) is 5.01. The van der Waals surface area contributed by atoms with E-state index in [4.69, 9.17) is 9.47 Å². The summed E-state index contributed by atoms with van der Waals surface area (Å²) in [5, 5.41) is 13.0. The fourth-order valence-electron chi connectivity index (χ4n) is 2.72. The Hall–Kier alpha value is -1.26. The van der Waals surface area contributed by atoms with Crippen molar-refractivity contribution in [1.29, 1.82) is 0 Å². The lowest BCUT2D eigenvalue weighted by atomic mass is 10.1. The number of likely N-dealkylation sites (N-methyl/N-ethyl adjacent to an activating group) is 1. The molecule has 1 aliphatic heterocycles. The SMILES string of the molecule is CNC1COc2cc(OC3CCCC3O)ccc21. The molecule has 0 radical (unpaired) electrons. The van der Waals surface area contributed by atoms with Crippen LogP contribution in [0.25, 0.3) is 0 Å². The highest BCUT2D eigenvalue weighted by Gasteiger charge is 2.28. The second kappa shape index (κ2) is 4.78. The van der Waals surface area contributed by atoms with Gasteiger partial charge in [0.1, 0.15) is 24.2 Å². The lowest BCUT2D eigenvalue weighted by molar-refractivity contribution is 0.0602. The molecule has 98 valence electrons. The molecule has 1 heterocycles. The third-order valence-corrected chi connectivity index (χ3v) is 3.82. The van der Waals surface area contributed by atoms with Gasteiger partial charge in [0.2, 0.25) is 0 Å². The first-order valence-electron chi connectivity index (χ1n) is 6.56. The summed E-state index contributed by atoms with van der Waals surface area (Å²) >= 11 is 0. The molecule has 0 amide bonds. The first-order chi connectivity index (χ1) is 8.78. The summed E-state index contributed by atoms with van der Waals surface area (Å²) < 4.78 is 11.5. The Bertz CT molecular complexity index is 435. The lowest BCUT2D eigenvalue weighted by Gasteiger charge is -2.17. The summed E-state index contributed by atoms with van der Waals surface area (Å²) in [7, 11) is 1.93. The van der Waals surface area contributed by atoms with Gasteiger partial charge in [-0.1, -0.05) is 0 Å². The number of hydrogen-bond acceptors (Lipinski definition) is 4. The highest BCUT2D eigenvalue weighted by molar-refractivity contribution is 5.45. The van der Waals surface area contributed by atoms with E-state index in [2.05, 4.69) is 5.32 Å². The second-order valence-electron chi connectivity index (χ2n) is 5.01. The molecule has 4 heteroatoms. The molecule has 3 unspecified atom stereocenters. The zero-order valence-electron chi connectivity index (χ0n) is 10.6. The number of nitrogens with one attached hydrogen (secondary N) is 1. The Morgan fingerprint density at radius 1 is 1.39 bits per heavy atom. The van der Waals surface area contributed by atoms with Gasteiger partial charge in [-0.15, -0.1) is 0 Å². The molecule has 0 spiro atoms. The van der Waals surface area contributed by atoms with Crippen LogP contribution in [-0.4, -0.2) is 31.0 Å². The van der Waals surface area contributed by atoms with E-state index < -0.39 is 0 Å². The average Bonchev–Trinajstić information content (AvgIpc) is 2.96. The quantitative estimate of drug-likeness (QED) is 0.855. The zero-order chi connectivity index (χ0) is 12.5. The summed E-state index contributed by atoms with van der Waals surface area (Å²) in [4.78, 5) is 0. The van der Waals surface area contributed by atoms with Gasteiger partial charge in [0.05, 0.1) is 12.1 Å². The maximum atomic E-state index is 9.76. The molecular formula is C14H19NO3. The molecule has 18 heavy (non-hydrogen) atoms. The zero-order valence-corrected chi connectivity index (χ0v) is 10.6. The largest absolute Gasteiger partial charge is 0.491 e. The normalized spacial score (nSPS) is 30.0. The minimum atomic E-state index is -0.329. The van der Waals surface area contributed by atoms with Crippen LogP contribution in [0.1, 0.15) is 30.9 Å². The van der Waals surface area contributed by atoms with Gasteiger partial charge in [-0.3, -0.25) is 0 Å². The minimum Gasteiger partial charge on any atom is -0.491 e. The molecule has 4 nitrogen and oxygen atoms in total. The van der Waals surface area contributed by atoms with E-state index >= 15 is 0 Å². The van der Waals surface area contributed by atoms with Crippen molar-refractivity contribution in [3.05, 3.63) is 23.8 Å². The number of rotatable bonds is 3. The molecule has 2 aliphatic rings. The maximum absolute atomic E-state index is 9.76. The predicted octanol–water partition coefficient (Wildman–Crippen LogP) is 1.63. The topological polar surface area (TPSA) is 50.7 Å². The van der Waals surface area contributed by atoms with Gasteiger partial charge in [-0.2, -0.15) is 0 Å². The Balaban J connectivity index is 1.75. The third kappa shape index (κ3) is 2.06. The van der Waals surface area contributed by atoms with E-state index in [1.54, 1.807) is 0 Å². The van der Waals surface area contributed by atoms with Gasteiger partial charge in [-0.05, 0) is 38.4 Å². The fourth-order valence-corrected chi connectivity index (χ4v) is 2.72. The van der Waals surface area contributed by atoms with Crippen molar-refractivity contribution in [2.24, 2.45) is 0 Å². The number of ether oxygens (including phenoxy) is 2. The molecule has 1 aromatic carbocycles. The molecule has 0 saturated heterocycles. The number of hydrogen-bond donors (Lipinski definition) is 2. The van der Waals surface area contributed by atoms with E-state index in [1.165, 1.54) is 5.56 Å². The monoisotopic (exact) mass is 249 g/mol. The van der Waals surface area contributed by atoms with Gasteiger partial charge < -0.3 is 19.9 Å². The van der Waals surface area contributed by atoms with Crippen LogP contribution < -0.4 is 14.8 Å². The molecule has 2 N–H and O–H groups in total. The van der Waals surface area contributed by atoms with Crippen LogP contribution in [0.5, 0.6) is 11.5 Å². The first kappa shape index (κ1) is 11.8. The van der Waals surface area contributed by atoms with Gasteiger partial charge in [0, 0.05) is 11.6 Å². The molecule has 1 aromatic rings. The molecule has 1 aliphatic carbocycles. The Morgan fingerprint density at radius 2 is 2.28 bits per heavy atom. The highest BCUT2D eigenvalue weighted by Crippen LogP contribution is 2.36. The van der Waals surface area contributed by atoms with Crippen LogP contribution in [0.3, 0.4) is 0 Å². The van der Waals surface area contributed by atoms with E-state index in [0.29, 0.717) is 6.61 Å². The van der Waals surface area contributed by atoms with Crippen LogP contribution >= 0.6 is 0 Å². The van der Waals surface area contributed by atoms with Crippen LogP contribution in [0.4, 0.5) is 0 Å². The lowest BCUT2D eigenvalue weighted by Crippen LogP contribution is -2.25. The van der Waals surface area contributed by atoms with Crippen LogP contribution in [0.15, 0.2) is 18.2 Å². The molecule has 3 atom stereocenters. The summed E-state index contributed by atoms with van der Waals surface area (Å²) in [5.74, 6) is 1.68. The molecule has 1 saturated carbocycles. The van der Waals surface area contributed by atoms with Crippen molar-refractivity contribution < 1.29 is 14.6 Å². The number of aliphatic hydroxyl groups is 1. The standard InChI is InChI=1S/C14H19NO3/c1-15-11-8-17-14-7-9(5-6-10(11)14)18-13-4-2-3-12(13)16/h5-7,11-13,15-16H,2-4,8H2,1H3. The van der Waals surface area contributed by atoms with Crippen molar-refractivity contribution in [2.75, 3.05) is 13.7 Å². The van der Waals surface area contributed by atoms with Crippen LogP contribution in [0.2, 0.25) is 0 Å². The Kier molecular flexibility index (Phi) is 3.14. The number of benzene rings is 1. The smallest absolute Gasteiger partial charge is 0.127 e. The summed E-state index contributed by atoms with van der Waals surface area (Å²) in [6.45, 7) is 0.668. The van der Waals surface area contributed by atoms with E-state index in [1.807, 2.05) is 25.2 Å². The van der Waals surface area contributed by atoms with Crippen LogP contribution in [0, 0.1) is 0 Å². The van der Waals surface area contributed by atoms with Gasteiger partial charge in [-0.25, -0.2) is 0 Å².